The van der Waals surface area contributed by atoms with Crippen LogP contribution in [0.25, 0.3) is 5.57 Å². The van der Waals surface area contributed by atoms with Gasteiger partial charge in [-0.25, -0.2) is 0 Å². The van der Waals surface area contributed by atoms with Gasteiger partial charge in [-0.2, -0.15) is 5.26 Å². The Bertz CT molecular complexity index is 387. The van der Waals surface area contributed by atoms with Gasteiger partial charge in [0.1, 0.15) is 16.9 Å². The van der Waals surface area contributed by atoms with Crippen LogP contribution in [-0.4, -0.2) is 7.11 Å². The van der Waals surface area contributed by atoms with Gasteiger partial charge in [-0.3, -0.25) is 0 Å². The minimum Gasteiger partial charge on any atom is -0.497 e. The molecule has 0 bridgehead atoms. The van der Waals surface area contributed by atoms with E-state index in [0.717, 1.165) is 16.9 Å². The lowest BCUT2D eigenvalue weighted by molar-refractivity contribution is 0.415. The Labute approximate surface area is 88.4 Å². The third kappa shape index (κ3) is 2.27. The van der Waals surface area contributed by atoms with Crippen molar-refractivity contribution in [3.05, 3.63) is 34.9 Å². The van der Waals surface area contributed by atoms with Crippen LogP contribution >= 0.6 is 11.6 Å². The van der Waals surface area contributed by atoms with Crippen LogP contribution < -0.4 is 4.74 Å². The number of nitriles is 1. The van der Waals surface area contributed by atoms with Crippen LogP contribution in [0.4, 0.5) is 0 Å². The molecule has 0 heterocycles. The first kappa shape index (κ1) is 10.6. The average Bonchev–Trinajstić information content (AvgIpc) is 2.27. The number of rotatable bonds is 2. The molecule has 72 valence electrons. The molecule has 0 unspecified atom stereocenters. The molecule has 0 saturated heterocycles. The van der Waals surface area contributed by atoms with Crippen molar-refractivity contribution in [2.45, 2.75) is 6.92 Å². The predicted octanol–water partition coefficient (Wildman–Crippen LogP) is 3.19. The Balaban J connectivity index is 3.05. The molecule has 0 saturated carbocycles. The van der Waals surface area contributed by atoms with Crippen molar-refractivity contribution >= 4 is 17.2 Å². The topological polar surface area (TPSA) is 33.0 Å². The maximum atomic E-state index is 8.60. The lowest BCUT2D eigenvalue weighted by Crippen LogP contribution is -1.85. The van der Waals surface area contributed by atoms with E-state index in [-0.39, 0.29) is 5.03 Å². The maximum Gasteiger partial charge on any atom is 0.121 e. The average molecular weight is 208 g/mol. The normalized spacial score (nSPS) is 11.6. The number of halogens is 1. The second kappa shape index (κ2) is 4.69. The Kier molecular flexibility index (Phi) is 3.55. The van der Waals surface area contributed by atoms with Crippen LogP contribution in [0.15, 0.2) is 29.3 Å². The molecule has 0 aromatic heterocycles. The van der Waals surface area contributed by atoms with Crippen molar-refractivity contribution in [2.75, 3.05) is 7.11 Å². The highest BCUT2D eigenvalue weighted by molar-refractivity contribution is 6.34. The summed E-state index contributed by atoms with van der Waals surface area (Å²) in [4.78, 5) is 0. The van der Waals surface area contributed by atoms with E-state index >= 15 is 0 Å². The van der Waals surface area contributed by atoms with Crippen molar-refractivity contribution in [1.29, 1.82) is 5.26 Å². The highest BCUT2D eigenvalue weighted by Gasteiger charge is 2.01. The number of allylic oxidation sites excluding steroid dienone is 2. The largest absolute Gasteiger partial charge is 0.497 e. The molecular formula is C11H10ClNO. The van der Waals surface area contributed by atoms with E-state index in [1.54, 1.807) is 7.11 Å². The van der Waals surface area contributed by atoms with Crippen molar-refractivity contribution < 1.29 is 4.74 Å². The SMILES string of the molecule is COc1ccc(/C(C)=C(/Cl)C#N)cc1. The Morgan fingerprint density at radius 2 is 1.93 bits per heavy atom. The molecule has 14 heavy (non-hydrogen) atoms. The fourth-order valence-electron chi connectivity index (χ4n) is 1.05. The number of benzene rings is 1. The van der Waals surface area contributed by atoms with Crippen LogP contribution in [0.3, 0.4) is 0 Å². The second-order valence-corrected chi connectivity index (χ2v) is 3.16. The first-order chi connectivity index (χ1) is 6.69. The molecule has 0 aliphatic rings. The highest BCUT2D eigenvalue weighted by atomic mass is 35.5. The van der Waals surface area contributed by atoms with Crippen molar-refractivity contribution in [3.8, 4) is 11.8 Å². The minimum atomic E-state index is 0.218. The summed E-state index contributed by atoms with van der Waals surface area (Å²) in [5, 5.41) is 8.82. The summed E-state index contributed by atoms with van der Waals surface area (Å²) in [5.41, 5.74) is 1.70. The molecule has 3 heteroatoms. The minimum absolute atomic E-state index is 0.218. The molecule has 0 atom stereocenters. The van der Waals surface area contributed by atoms with Gasteiger partial charge in [0.25, 0.3) is 0 Å². The number of nitrogens with zero attached hydrogens (tertiary/aromatic N) is 1. The number of hydrogen-bond acceptors (Lipinski definition) is 2. The number of hydrogen-bond donors (Lipinski definition) is 0. The van der Waals surface area contributed by atoms with E-state index in [2.05, 4.69) is 0 Å². The van der Waals surface area contributed by atoms with Crippen LogP contribution in [0, 0.1) is 11.3 Å². The van der Waals surface area contributed by atoms with Gasteiger partial charge < -0.3 is 4.74 Å². The highest BCUT2D eigenvalue weighted by Crippen LogP contribution is 2.22. The first-order valence-electron chi connectivity index (χ1n) is 4.10. The zero-order chi connectivity index (χ0) is 10.6. The van der Waals surface area contributed by atoms with Gasteiger partial charge in [0.05, 0.1) is 7.11 Å². The van der Waals surface area contributed by atoms with Crippen LogP contribution in [0.5, 0.6) is 5.75 Å². The Morgan fingerprint density at radius 3 is 2.36 bits per heavy atom. The van der Waals surface area contributed by atoms with E-state index in [1.165, 1.54) is 0 Å². The lowest BCUT2D eigenvalue weighted by Gasteiger charge is -2.03. The van der Waals surface area contributed by atoms with Crippen molar-refractivity contribution in [2.24, 2.45) is 0 Å². The lowest BCUT2D eigenvalue weighted by atomic mass is 10.1. The van der Waals surface area contributed by atoms with Gasteiger partial charge in [0, 0.05) is 0 Å². The fourth-order valence-corrected chi connectivity index (χ4v) is 1.16. The monoisotopic (exact) mass is 207 g/mol. The maximum absolute atomic E-state index is 8.60. The molecule has 0 spiro atoms. The van der Waals surface area contributed by atoms with Gasteiger partial charge in [0.15, 0.2) is 0 Å². The van der Waals surface area contributed by atoms with Gasteiger partial charge in [-0.05, 0) is 30.2 Å². The molecular weight excluding hydrogens is 198 g/mol. The summed E-state index contributed by atoms with van der Waals surface area (Å²) in [5.74, 6) is 0.787. The van der Waals surface area contributed by atoms with Gasteiger partial charge >= 0.3 is 0 Å². The summed E-state index contributed by atoms with van der Waals surface area (Å²) >= 11 is 5.71. The first-order valence-corrected chi connectivity index (χ1v) is 4.47. The molecule has 0 fully saturated rings. The summed E-state index contributed by atoms with van der Waals surface area (Å²) in [7, 11) is 1.61. The van der Waals surface area contributed by atoms with Crippen LogP contribution in [-0.2, 0) is 0 Å². The molecule has 0 radical (unpaired) electrons. The molecule has 2 nitrogen and oxygen atoms in total. The molecule has 1 rings (SSSR count). The fraction of sp³-hybridized carbons (Fsp3) is 0.182. The van der Waals surface area contributed by atoms with Gasteiger partial charge in [0.2, 0.25) is 0 Å². The van der Waals surface area contributed by atoms with Gasteiger partial charge in [-0.1, -0.05) is 23.7 Å². The predicted molar refractivity (Wildman–Crippen MR) is 57.1 cm³/mol. The quantitative estimate of drug-likeness (QED) is 0.698. The van der Waals surface area contributed by atoms with E-state index in [1.807, 2.05) is 37.3 Å². The van der Waals surface area contributed by atoms with Crippen LogP contribution in [0.1, 0.15) is 12.5 Å². The standard InChI is InChI=1S/C11H10ClNO/c1-8(11(12)7-13)9-3-5-10(14-2)6-4-9/h3-6H,1-2H3/b11-8+. The summed E-state index contributed by atoms with van der Waals surface area (Å²) < 4.78 is 5.02. The Morgan fingerprint density at radius 1 is 1.36 bits per heavy atom. The number of methoxy groups -OCH3 is 1. The van der Waals surface area contributed by atoms with Crippen molar-refractivity contribution in [3.63, 3.8) is 0 Å². The molecule has 0 aliphatic heterocycles. The van der Waals surface area contributed by atoms with Crippen molar-refractivity contribution in [1.82, 2.24) is 0 Å². The summed E-state index contributed by atoms with van der Waals surface area (Å²) in [6, 6.07) is 9.31. The van der Waals surface area contributed by atoms with E-state index < -0.39 is 0 Å². The molecule has 0 aliphatic carbocycles. The zero-order valence-corrected chi connectivity index (χ0v) is 8.80. The molecule has 1 aromatic rings. The second-order valence-electron chi connectivity index (χ2n) is 2.78. The number of ether oxygens (including phenoxy) is 1. The molecule has 1 aromatic carbocycles. The van der Waals surface area contributed by atoms with E-state index in [9.17, 15) is 0 Å². The Hall–Kier alpha value is -1.46. The third-order valence-corrected chi connectivity index (χ3v) is 2.32. The third-order valence-electron chi connectivity index (χ3n) is 1.95. The molecule has 0 N–H and O–H groups in total. The van der Waals surface area contributed by atoms with E-state index in [4.69, 9.17) is 21.6 Å². The summed E-state index contributed by atoms with van der Waals surface area (Å²) in [6.07, 6.45) is 0. The molecule has 0 amide bonds. The summed E-state index contributed by atoms with van der Waals surface area (Å²) in [6.45, 7) is 1.81. The van der Waals surface area contributed by atoms with Gasteiger partial charge in [-0.15, -0.1) is 0 Å². The van der Waals surface area contributed by atoms with Crippen LogP contribution in [0.2, 0.25) is 0 Å². The smallest absolute Gasteiger partial charge is 0.121 e. The van der Waals surface area contributed by atoms with E-state index in [0.29, 0.717) is 0 Å². The zero-order valence-electron chi connectivity index (χ0n) is 8.04.